The van der Waals surface area contributed by atoms with Crippen molar-refractivity contribution in [1.29, 1.82) is 0 Å². The fourth-order valence-corrected chi connectivity index (χ4v) is 3.78. The lowest BCUT2D eigenvalue weighted by Gasteiger charge is -2.15. The van der Waals surface area contributed by atoms with Gasteiger partial charge in [-0.05, 0) is 19.4 Å². The smallest absolute Gasteiger partial charge is 0.191 e. The Kier molecular flexibility index (Phi) is 4.07. The topological polar surface area (TPSA) is 68.9 Å². The van der Waals surface area contributed by atoms with E-state index in [1.165, 1.54) is 16.6 Å². The minimum atomic E-state index is -0.335. The van der Waals surface area contributed by atoms with Crippen molar-refractivity contribution in [3.63, 3.8) is 0 Å². The molecule has 20 heavy (non-hydrogen) atoms. The number of Topliss-reactive ketones (excluding diaryl/α,β-unsaturated/α-hetero) is 1. The first kappa shape index (κ1) is 15.3. The number of thioether (sulfide) groups is 1. The molecule has 0 saturated carbocycles. The average Bonchev–Trinajstić information content (AvgIpc) is 2.61. The van der Waals surface area contributed by atoms with E-state index in [4.69, 9.17) is 5.73 Å². The highest BCUT2D eigenvalue weighted by molar-refractivity contribution is 7.99. The zero-order valence-electron chi connectivity index (χ0n) is 12.4. The van der Waals surface area contributed by atoms with Gasteiger partial charge in [0.25, 0.3) is 0 Å². The van der Waals surface area contributed by atoms with Crippen molar-refractivity contribution < 1.29 is 4.79 Å². The minimum Gasteiger partial charge on any atom is -0.383 e. The number of fused-ring (bicyclic) bond motifs is 1. The summed E-state index contributed by atoms with van der Waals surface area (Å²) in [4.78, 5) is 22.9. The number of hydrogen-bond acceptors (Lipinski definition) is 6. The van der Waals surface area contributed by atoms with E-state index in [0.29, 0.717) is 16.7 Å². The number of carbonyl (C=O) groups excluding carboxylic acids is 1. The van der Waals surface area contributed by atoms with Gasteiger partial charge < -0.3 is 5.73 Å². The van der Waals surface area contributed by atoms with Crippen molar-refractivity contribution in [2.75, 3.05) is 11.5 Å². The Balaban J connectivity index is 2.27. The number of nitrogens with zero attached hydrogens (tertiary/aromatic N) is 2. The largest absolute Gasteiger partial charge is 0.383 e. The van der Waals surface area contributed by atoms with E-state index in [1.54, 1.807) is 11.3 Å². The first-order valence-electron chi connectivity index (χ1n) is 6.39. The number of anilines is 1. The van der Waals surface area contributed by atoms with Gasteiger partial charge in [0.15, 0.2) is 5.16 Å². The Morgan fingerprint density at radius 3 is 2.55 bits per heavy atom. The molecule has 0 spiro atoms. The first-order valence-corrected chi connectivity index (χ1v) is 8.19. The van der Waals surface area contributed by atoms with Gasteiger partial charge in [0, 0.05) is 10.3 Å². The summed E-state index contributed by atoms with van der Waals surface area (Å²) in [6.07, 6.45) is 0. The van der Waals surface area contributed by atoms with E-state index in [1.807, 2.05) is 27.7 Å². The van der Waals surface area contributed by atoms with Crippen LogP contribution < -0.4 is 5.73 Å². The molecule has 108 valence electrons. The molecule has 0 aliphatic heterocycles. The molecule has 2 aromatic heterocycles. The van der Waals surface area contributed by atoms with E-state index in [2.05, 4.69) is 16.9 Å². The maximum absolute atomic E-state index is 11.9. The van der Waals surface area contributed by atoms with Crippen LogP contribution in [0.1, 0.15) is 31.2 Å². The molecule has 0 radical (unpaired) electrons. The van der Waals surface area contributed by atoms with Crippen LogP contribution in [0.2, 0.25) is 0 Å². The van der Waals surface area contributed by atoms with Crippen molar-refractivity contribution in [3.05, 3.63) is 10.4 Å². The summed E-state index contributed by atoms with van der Waals surface area (Å²) in [7, 11) is 0. The third-order valence-electron chi connectivity index (χ3n) is 3.21. The number of carbonyl (C=O) groups is 1. The normalized spacial score (nSPS) is 12.1. The molecular formula is C14H19N3OS2. The number of nitrogens with two attached hydrogens (primary N) is 1. The molecule has 6 heteroatoms. The first-order chi connectivity index (χ1) is 9.20. The fraction of sp³-hybridized carbons (Fsp3) is 0.500. The van der Waals surface area contributed by atoms with Crippen molar-refractivity contribution in [1.82, 2.24) is 9.97 Å². The Bertz CT molecular complexity index is 671. The molecule has 2 heterocycles. The van der Waals surface area contributed by atoms with Crippen molar-refractivity contribution in [2.24, 2.45) is 5.41 Å². The molecule has 0 aliphatic carbocycles. The number of ketones is 1. The monoisotopic (exact) mass is 309 g/mol. The highest BCUT2D eigenvalue weighted by Crippen LogP contribution is 2.33. The van der Waals surface area contributed by atoms with Crippen LogP contribution in [0.15, 0.2) is 5.16 Å². The zero-order valence-corrected chi connectivity index (χ0v) is 14.0. The molecule has 0 fully saturated rings. The number of nitrogen functional groups attached to an aromatic ring is 1. The van der Waals surface area contributed by atoms with Gasteiger partial charge >= 0.3 is 0 Å². The van der Waals surface area contributed by atoms with Gasteiger partial charge in [-0.2, -0.15) is 0 Å². The molecule has 0 amide bonds. The summed E-state index contributed by atoms with van der Waals surface area (Å²) >= 11 is 2.97. The summed E-state index contributed by atoms with van der Waals surface area (Å²) in [5.41, 5.74) is 6.83. The molecule has 0 bridgehead atoms. The number of rotatable bonds is 3. The predicted molar refractivity (Wildman–Crippen MR) is 86.5 cm³/mol. The summed E-state index contributed by atoms with van der Waals surface area (Å²) in [6, 6.07) is 0. The standard InChI is InChI=1S/C14H19N3OS2/c1-7-8(2)20-12-10(7)11(15)16-13(17-12)19-6-9(18)14(3,4)5/h6H2,1-5H3,(H2,15,16,17). The molecule has 0 atom stereocenters. The van der Waals surface area contributed by atoms with Crippen LogP contribution in [0.3, 0.4) is 0 Å². The van der Waals surface area contributed by atoms with Gasteiger partial charge in [-0.1, -0.05) is 32.5 Å². The second kappa shape index (κ2) is 5.33. The minimum absolute atomic E-state index is 0.184. The molecule has 0 saturated heterocycles. The van der Waals surface area contributed by atoms with Gasteiger partial charge in [0.2, 0.25) is 0 Å². The molecule has 2 rings (SSSR count). The van der Waals surface area contributed by atoms with Gasteiger partial charge in [-0.15, -0.1) is 11.3 Å². The second-order valence-corrected chi connectivity index (χ2v) is 7.96. The summed E-state index contributed by atoms with van der Waals surface area (Å²) in [5, 5.41) is 1.52. The molecule has 4 nitrogen and oxygen atoms in total. The van der Waals surface area contributed by atoms with E-state index in [9.17, 15) is 4.79 Å². The SMILES string of the molecule is Cc1sc2nc(SCC(=O)C(C)(C)C)nc(N)c2c1C. The summed E-state index contributed by atoms with van der Waals surface area (Å²) in [6.45, 7) is 9.84. The van der Waals surface area contributed by atoms with Gasteiger partial charge in [-0.3, -0.25) is 4.79 Å². The predicted octanol–water partition coefficient (Wildman–Crippen LogP) is 3.60. The summed E-state index contributed by atoms with van der Waals surface area (Å²) in [5.74, 6) is 1.06. The van der Waals surface area contributed by atoms with Crippen LogP contribution in [-0.2, 0) is 4.79 Å². The molecule has 0 aromatic carbocycles. The Morgan fingerprint density at radius 1 is 1.30 bits per heavy atom. The Labute approximate surface area is 127 Å². The van der Waals surface area contributed by atoms with Crippen LogP contribution in [0, 0.1) is 19.3 Å². The molecule has 0 unspecified atom stereocenters. The highest BCUT2D eigenvalue weighted by atomic mass is 32.2. The van der Waals surface area contributed by atoms with Crippen LogP contribution in [0.5, 0.6) is 0 Å². The lowest BCUT2D eigenvalue weighted by atomic mass is 9.92. The Morgan fingerprint density at radius 2 is 1.95 bits per heavy atom. The second-order valence-electron chi connectivity index (χ2n) is 5.82. The van der Waals surface area contributed by atoms with Gasteiger partial charge in [0.1, 0.15) is 16.4 Å². The number of hydrogen-bond donors (Lipinski definition) is 1. The van der Waals surface area contributed by atoms with Crippen LogP contribution in [0.25, 0.3) is 10.2 Å². The molecule has 2 N–H and O–H groups in total. The maximum atomic E-state index is 11.9. The fourth-order valence-electron chi connectivity index (χ4n) is 1.67. The molecular weight excluding hydrogens is 290 g/mol. The number of thiophene rings is 1. The van der Waals surface area contributed by atoms with Gasteiger partial charge in [-0.25, -0.2) is 9.97 Å². The van der Waals surface area contributed by atoms with Gasteiger partial charge in [0.05, 0.1) is 11.1 Å². The lowest BCUT2D eigenvalue weighted by molar-refractivity contribution is -0.123. The quantitative estimate of drug-likeness (QED) is 0.693. The van der Waals surface area contributed by atoms with E-state index < -0.39 is 0 Å². The lowest BCUT2D eigenvalue weighted by Crippen LogP contribution is -2.22. The van der Waals surface area contributed by atoms with Crippen molar-refractivity contribution in [2.45, 2.75) is 39.8 Å². The molecule has 0 aliphatic rings. The van der Waals surface area contributed by atoms with E-state index >= 15 is 0 Å². The summed E-state index contributed by atoms with van der Waals surface area (Å²) < 4.78 is 0. The number of aryl methyl sites for hydroxylation is 2. The Hall–Kier alpha value is -1.14. The zero-order chi connectivity index (χ0) is 15.1. The van der Waals surface area contributed by atoms with Crippen LogP contribution in [0.4, 0.5) is 5.82 Å². The average molecular weight is 309 g/mol. The van der Waals surface area contributed by atoms with E-state index in [0.717, 1.165) is 15.8 Å². The number of aromatic nitrogens is 2. The van der Waals surface area contributed by atoms with Crippen molar-refractivity contribution >= 4 is 44.9 Å². The molecule has 2 aromatic rings. The van der Waals surface area contributed by atoms with Crippen LogP contribution >= 0.6 is 23.1 Å². The highest BCUT2D eigenvalue weighted by Gasteiger charge is 2.22. The van der Waals surface area contributed by atoms with E-state index in [-0.39, 0.29) is 11.2 Å². The third-order valence-corrected chi connectivity index (χ3v) is 5.15. The maximum Gasteiger partial charge on any atom is 0.191 e. The van der Waals surface area contributed by atoms with Crippen LogP contribution in [-0.4, -0.2) is 21.5 Å². The third kappa shape index (κ3) is 2.96. The van der Waals surface area contributed by atoms with Crippen molar-refractivity contribution in [3.8, 4) is 0 Å².